The van der Waals surface area contributed by atoms with Gasteiger partial charge >= 0.3 is 0 Å². The first kappa shape index (κ1) is 14.8. The van der Waals surface area contributed by atoms with Gasteiger partial charge in [0.1, 0.15) is 0 Å². The molecule has 0 aliphatic carbocycles. The van der Waals surface area contributed by atoms with Crippen LogP contribution in [-0.2, 0) is 4.79 Å². The number of ketones is 1. The topological polar surface area (TPSA) is 46.2 Å². The van der Waals surface area contributed by atoms with Crippen LogP contribution in [0.1, 0.15) is 23.2 Å². The van der Waals surface area contributed by atoms with E-state index in [1.807, 2.05) is 0 Å². The van der Waals surface area contributed by atoms with Crippen LogP contribution in [-0.4, -0.2) is 11.7 Å². The van der Waals surface area contributed by atoms with Crippen molar-refractivity contribution in [2.24, 2.45) is 0 Å². The highest BCUT2D eigenvalue weighted by atomic mass is 19.2. The summed E-state index contributed by atoms with van der Waals surface area (Å²) in [5.74, 6) is -2.58. The Labute approximate surface area is 120 Å². The Kier molecular flexibility index (Phi) is 4.77. The maximum Gasteiger partial charge on any atom is 0.224 e. The normalized spacial score (nSPS) is 10.2. The highest BCUT2D eigenvalue weighted by molar-refractivity contribution is 5.99. The second-order valence-corrected chi connectivity index (χ2v) is 4.47. The van der Waals surface area contributed by atoms with Crippen molar-refractivity contribution in [1.82, 2.24) is 0 Å². The molecule has 0 bridgehead atoms. The lowest BCUT2D eigenvalue weighted by atomic mass is 10.1. The van der Waals surface area contributed by atoms with Crippen molar-refractivity contribution >= 4 is 17.4 Å². The van der Waals surface area contributed by atoms with Crippen LogP contribution in [0.25, 0.3) is 0 Å². The first-order valence-electron chi connectivity index (χ1n) is 6.39. The molecule has 108 valence electrons. The number of rotatable bonds is 5. The van der Waals surface area contributed by atoms with Crippen LogP contribution < -0.4 is 5.32 Å². The van der Waals surface area contributed by atoms with Gasteiger partial charge in [-0.05, 0) is 12.1 Å². The zero-order chi connectivity index (χ0) is 15.2. The standard InChI is InChI=1S/C16H13F2NO2/c17-13-7-6-12(10-14(13)18)19-16(21)9-8-15(20)11-4-2-1-3-5-11/h1-7,10H,8-9H2,(H,19,21). The molecule has 1 N–H and O–H groups in total. The van der Waals surface area contributed by atoms with Gasteiger partial charge in [0, 0.05) is 30.2 Å². The summed E-state index contributed by atoms with van der Waals surface area (Å²) in [7, 11) is 0. The maximum atomic E-state index is 13.0. The number of hydrogen-bond donors (Lipinski definition) is 1. The van der Waals surface area contributed by atoms with Crippen molar-refractivity contribution < 1.29 is 18.4 Å². The van der Waals surface area contributed by atoms with Crippen molar-refractivity contribution in [2.75, 3.05) is 5.32 Å². The van der Waals surface area contributed by atoms with Crippen LogP contribution in [0.5, 0.6) is 0 Å². The molecule has 0 saturated heterocycles. The van der Waals surface area contributed by atoms with Crippen molar-refractivity contribution in [3.8, 4) is 0 Å². The Morgan fingerprint density at radius 3 is 2.29 bits per heavy atom. The van der Waals surface area contributed by atoms with Crippen LogP contribution >= 0.6 is 0 Å². The van der Waals surface area contributed by atoms with Gasteiger partial charge in [-0.1, -0.05) is 30.3 Å². The molecular weight excluding hydrogens is 276 g/mol. The molecule has 0 aromatic heterocycles. The molecule has 0 saturated carbocycles. The van der Waals surface area contributed by atoms with E-state index >= 15 is 0 Å². The second kappa shape index (κ2) is 6.74. The first-order chi connectivity index (χ1) is 10.1. The molecule has 0 atom stereocenters. The van der Waals surface area contributed by atoms with E-state index in [1.165, 1.54) is 6.07 Å². The van der Waals surface area contributed by atoms with E-state index in [0.29, 0.717) is 5.56 Å². The molecule has 2 rings (SSSR count). The summed E-state index contributed by atoms with van der Waals surface area (Å²) >= 11 is 0. The van der Waals surface area contributed by atoms with Gasteiger partial charge in [-0.3, -0.25) is 9.59 Å². The number of nitrogens with one attached hydrogen (secondary N) is 1. The molecule has 5 heteroatoms. The minimum atomic E-state index is -1.03. The van der Waals surface area contributed by atoms with Gasteiger partial charge in [0.2, 0.25) is 5.91 Å². The highest BCUT2D eigenvalue weighted by Gasteiger charge is 2.10. The summed E-state index contributed by atoms with van der Waals surface area (Å²) in [6.07, 6.45) is 0.0340. The number of halogens is 2. The Balaban J connectivity index is 1.87. The molecule has 0 heterocycles. The van der Waals surface area contributed by atoms with Crippen molar-refractivity contribution in [3.63, 3.8) is 0 Å². The van der Waals surface area contributed by atoms with Gasteiger partial charge in [0.15, 0.2) is 17.4 Å². The SMILES string of the molecule is O=C(CCC(=O)c1ccccc1)Nc1ccc(F)c(F)c1. The third-order valence-electron chi connectivity index (χ3n) is 2.88. The predicted octanol–water partition coefficient (Wildman–Crippen LogP) is 3.57. The second-order valence-electron chi connectivity index (χ2n) is 4.47. The monoisotopic (exact) mass is 289 g/mol. The predicted molar refractivity (Wildman–Crippen MR) is 75.0 cm³/mol. The highest BCUT2D eigenvalue weighted by Crippen LogP contribution is 2.14. The molecular formula is C16H13F2NO2. The average Bonchev–Trinajstić information content (AvgIpc) is 2.49. The van der Waals surface area contributed by atoms with E-state index in [1.54, 1.807) is 30.3 Å². The summed E-state index contributed by atoms with van der Waals surface area (Å²) in [4.78, 5) is 23.5. The fourth-order valence-corrected chi connectivity index (χ4v) is 1.79. The number of carbonyl (C=O) groups excluding carboxylic acids is 2. The molecule has 0 unspecified atom stereocenters. The van der Waals surface area contributed by atoms with Gasteiger partial charge < -0.3 is 5.32 Å². The third kappa shape index (κ3) is 4.21. The molecule has 0 radical (unpaired) electrons. The third-order valence-corrected chi connectivity index (χ3v) is 2.88. The van der Waals surface area contributed by atoms with Gasteiger partial charge in [0.05, 0.1) is 0 Å². The van der Waals surface area contributed by atoms with E-state index in [0.717, 1.165) is 12.1 Å². The average molecular weight is 289 g/mol. The number of amides is 1. The Morgan fingerprint density at radius 2 is 1.62 bits per heavy atom. The van der Waals surface area contributed by atoms with Crippen LogP contribution in [0.3, 0.4) is 0 Å². The zero-order valence-electron chi connectivity index (χ0n) is 11.1. The van der Waals surface area contributed by atoms with Crippen LogP contribution in [0.2, 0.25) is 0 Å². The fraction of sp³-hybridized carbons (Fsp3) is 0.125. The van der Waals surface area contributed by atoms with E-state index in [-0.39, 0.29) is 24.3 Å². The molecule has 0 aliphatic heterocycles. The Hall–Kier alpha value is -2.56. The number of carbonyl (C=O) groups is 2. The summed E-state index contributed by atoms with van der Waals surface area (Å²) in [6, 6.07) is 11.7. The van der Waals surface area contributed by atoms with Crippen LogP contribution in [0.4, 0.5) is 14.5 Å². The van der Waals surface area contributed by atoms with Gasteiger partial charge in [-0.25, -0.2) is 8.78 Å². The van der Waals surface area contributed by atoms with Crippen LogP contribution in [0, 0.1) is 11.6 Å². The molecule has 0 aliphatic rings. The minimum absolute atomic E-state index is 0.0211. The molecule has 2 aromatic carbocycles. The van der Waals surface area contributed by atoms with E-state index in [4.69, 9.17) is 0 Å². The minimum Gasteiger partial charge on any atom is -0.326 e. The summed E-state index contributed by atoms with van der Waals surface area (Å²) in [6.45, 7) is 0. The molecule has 21 heavy (non-hydrogen) atoms. The van der Waals surface area contributed by atoms with Gasteiger partial charge in [-0.2, -0.15) is 0 Å². The summed E-state index contributed by atoms with van der Waals surface area (Å²) < 4.78 is 25.7. The molecule has 2 aromatic rings. The van der Waals surface area contributed by atoms with E-state index in [2.05, 4.69) is 5.32 Å². The van der Waals surface area contributed by atoms with Gasteiger partial charge in [0.25, 0.3) is 0 Å². The molecule has 3 nitrogen and oxygen atoms in total. The van der Waals surface area contributed by atoms with Gasteiger partial charge in [-0.15, -0.1) is 0 Å². The number of benzene rings is 2. The maximum absolute atomic E-state index is 13.0. The van der Waals surface area contributed by atoms with Crippen molar-refractivity contribution in [3.05, 3.63) is 65.7 Å². The lowest BCUT2D eigenvalue weighted by molar-refractivity contribution is -0.116. The number of hydrogen-bond acceptors (Lipinski definition) is 2. The number of anilines is 1. The molecule has 0 fully saturated rings. The lowest BCUT2D eigenvalue weighted by Gasteiger charge is -2.05. The summed E-state index contributed by atoms with van der Waals surface area (Å²) in [5.41, 5.74) is 0.698. The Morgan fingerprint density at radius 1 is 0.905 bits per heavy atom. The molecule has 1 amide bonds. The molecule has 0 spiro atoms. The van der Waals surface area contributed by atoms with E-state index in [9.17, 15) is 18.4 Å². The lowest BCUT2D eigenvalue weighted by Crippen LogP contribution is -2.13. The van der Waals surface area contributed by atoms with Crippen molar-refractivity contribution in [2.45, 2.75) is 12.8 Å². The number of Topliss-reactive ketones (excluding diaryl/α,β-unsaturated/α-hetero) is 1. The Bertz CT molecular complexity index is 657. The van der Waals surface area contributed by atoms with Crippen LogP contribution in [0.15, 0.2) is 48.5 Å². The van der Waals surface area contributed by atoms with E-state index < -0.39 is 17.5 Å². The van der Waals surface area contributed by atoms with Crippen molar-refractivity contribution in [1.29, 1.82) is 0 Å². The first-order valence-corrected chi connectivity index (χ1v) is 6.39. The largest absolute Gasteiger partial charge is 0.326 e. The smallest absolute Gasteiger partial charge is 0.224 e. The fourth-order valence-electron chi connectivity index (χ4n) is 1.79. The quantitative estimate of drug-likeness (QED) is 0.855. The summed E-state index contributed by atoms with van der Waals surface area (Å²) in [5, 5.41) is 2.42. The zero-order valence-corrected chi connectivity index (χ0v) is 11.1.